The van der Waals surface area contributed by atoms with E-state index in [0.717, 1.165) is 21.8 Å². The van der Waals surface area contributed by atoms with Crippen molar-refractivity contribution in [3.05, 3.63) is 72.6 Å². The smallest absolute Gasteiger partial charge is 0.138 e. The van der Waals surface area contributed by atoms with Crippen LogP contribution in [0.5, 0.6) is 5.75 Å². The van der Waals surface area contributed by atoms with Crippen molar-refractivity contribution in [3.8, 4) is 16.2 Å². The number of ether oxygens (including phenoxy) is 1. The molecule has 1 N–H and O–H groups in total. The van der Waals surface area contributed by atoms with Gasteiger partial charge in [-0.15, -0.1) is 11.3 Å². The van der Waals surface area contributed by atoms with E-state index in [1.807, 2.05) is 42.5 Å². The highest BCUT2D eigenvalue weighted by Gasteiger charge is 2.10. The Morgan fingerprint density at radius 2 is 1.80 bits per heavy atom. The van der Waals surface area contributed by atoms with Crippen LogP contribution >= 0.6 is 11.3 Å². The van der Waals surface area contributed by atoms with Crippen LogP contribution in [0.4, 0.5) is 5.82 Å². The summed E-state index contributed by atoms with van der Waals surface area (Å²) < 4.78 is 5.19. The van der Waals surface area contributed by atoms with Gasteiger partial charge in [0.1, 0.15) is 22.7 Å². The molecule has 4 aromatic rings. The lowest BCUT2D eigenvalue weighted by atomic mass is 10.2. The van der Waals surface area contributed by atoms with E-state index in [-0.39, 0.29) is 0 Å². The molecule has 0 saturated carbocycles. The Labute approximate surface area is 150 Å². The SMILES string of the molecule is COc1ccc(CNc2ncnc3sc(-c4ccccc4)cc23)cc1. The predicted molar refractivity (Wildman–Crippen MR) is 103 cm³/mol. The average Bonchev–Trinajstić information content (AvgIpc) is 3.12. The minimum atomic E-state index is 0.701. The Balaban J connectivity index is 1.60. The Morgan fingerprint density at radius 1 is 1.00 bits per heavy atom. The van der Waals surface area contributed by atoms with E-state index in [4.69, 9.17) is 4.74 Å². The van der Waals surface area contributed by atoms with E-state index in [9.17, 15) is 0 Å². The molecule has 0 spiro atoms. The molecule has 2 aromatic carbocycles. The van der Waals surface area contributed by atoms with Gasteiger partial charge in [-0.2, -0.15) is 0 Å². The maximum Gasteiger partial charge on any atom is 0.138 e. The van der Waals surface area contributed by atoms with Crippen molar-refractivity contribution < 1.29 is 4.74 Å². The summed E-state index contributed by atoms with van der Waals surface area (Å²) in [4.78, 5) is 11.0. The predicted octanol–water partition coefficient (Wildman–Crippen LogP) is 4.98. The molecule has 0 aliphatic carbocycles. The summed E-state index contributed by atoms with van der Waals surface area (Å²) in [6.45, 7) is 0.701. The number of thiophene rings is 1. The Morgan fingerprint density at radius 3 is 2.56 bits per heavy atom. The van der Waals surface area contributed by atoms with E-state index >= 15 is 0 Å². The number of nitrogens with zero attached hydrogens (tertiary/aromatic N) is 2. The fourth-order valence-corrected chi connectivity index (χ4v) is 3.67. The summed E-state index contributed by atoms with van der Waals surface area (Å²) >= 11 is 1.68. The topological polar surface area (TPSA) is 47.0 Å². The molecule has 5 heteroatoms. The first-order valence-corrected chi connectivity index (χ1v) is 8.82. The van der Waals surface area contributed by atoms with E-state index in [0.29, 0.717) is 6.54 Å². The van der Waals surface area contributed by atoms with Crippen molar-refractivity contribution in [1.82, 2.24) is 9.97 Å². The summed E-state index contributed by atoms with van der Waals surface area (Å²) in [6, 6.07) is 20.5. The Kier molecular flexibility index (Phi) is 4.31. The number of hydrogen-bond donors (Lipinski definition) is 1. The van der Waals surface area contributed by atoms with Gasteiger partial charge in [-0.1, -0.05) is 42.5 Å². The number of hydrogen-bond acceptors (Lipinski definition) is 5. The van der Waals surface area contributed by atoms with Gasteiger partial charge in [0.2, 0.25) is 0 Å². The standard InChI is InChI=1S/C20H17N3OS/c1-24-16-9-7-14(8-10-16)12-21-19-17-11-18(15-5-3-2-4-6-15)25-20(17)23-13-22-19/h2-11,13H,12H2,1H3,(H,21,22,23). The van der Waals surface area contributed by atoms with Crippen LogP contribution in [0.2, 0.25) is 0 Å². The summed E-state index contributed by atoms with van der Waals surface area (Å²) in [6.07, 6.45) is 1.62. The van der Waals surface area contributed by atoms with Crippen LogP contribution in [0.3, 0.4) is 0 Å². The van der Waals surface area contributed by atoms with Gasteiger partial charge in [-0.25, -0.2) is 9.97 Å². The third-order valence-electron chi connectivity index (χ3n) is 4.01. The molecule has 0 amide bonds. The average molecular weight is 347 g/mol. The van der Waals surface area contributed by atoms with Crippen LogP contribution in [0.25, 0.3) is 20.7 Å². The Bertz CT molecular complexity index is 981. The van der Waals surface area contributed by atoms with Gasteiger partial charge in [0.05, 0.1) is 12.5 Å². The number of fused-ring (bicyclic) bond motifs is 1. The number of rotatable bonds is 5. The zero-order chi connectivity index (χ0) is 17.1. The number of aromatic nitrogens is 2. The quantitative estimate of drug-likeness (QED) is 0.553. The van der Waals surface area contributed by atoms with Gasteiger partial charge in [0, 0.05) is 11.4 Å². The minimum Gasteiger partial charge on any atom is -0.497 e. The van der Waals surface area contributed by atoms with Crippen LogP contribution in [-0.4, -0.2) is 17.1 Å². The van der Waals surface area contributed by atoms with Crippen molar-refractivity contribution in [1.29, 1.82) is 0 Å². The Hall–Kier alpha value is -2.92. The number of benzene rings is 2. The van der Waals surface area contributed by atoms with E-state index in [1.54, 1.807) is 24.8 Å². The lowest BCUT2D eigenvalue weighted by Crippen LogP contribution is -2.01. The molecule has 124 valence electrons. The normalized spacial score (nSPS) is 10.8. The summed E-state index contributed by atoms with van der Waals surface area (Å²) in [5.41, 5.74) is 2.37. The summed E-state index contributed by atoms with van der Waals surface area (Å²) in [7, 11) is 1.67. The van der Waals surface area contributed by atoms with Gasteiger partial charge in [0.25, 0.3) is 0 Å². The molecular formula is C20H17N3OS. The molecule has 0 bridgehead atoms. The second kappa shape index (κ2) is 6.91. The first-order chi connectivity index (χ1) is 12.3. The zero-order valence-electron chi connectivity index (χ0n) is 13.8. The van der Waals surface area contributed by atoms with Crippen LogP contribution in [-0.2, 0) is 6.54 Å². The maximum absolute atomic E-state index is 5.19. The molecule has 0 aliphatic rings. The largest absolute Gasteiger partial charge is 0.497 e. The van der Waals surface area contributed by atoms with Gasteiger partial charge in [0.15, 0.2) is 0 Å². The van der Waals surface area contributed by atoms with Crippen LogP contribution in [0, 0.1) is 0 Å². The fraction of sp³-hybridized carbons (Fsp3) is 0.100. The molecule has 0 atom stereocenters. The van der Waals surface area contributed by atoms with Crippen molar-refractivity contribution in [2.45, 2.75) is 6.54 Å². The van der Waals surface area contributed by atoms with E-state index in [1.165, 1.54) is 16.0 Å². The summed E-state index contributed by atoms with van der Waals surface area (Å²) in [5, 5.41) is 4.48. The molecule has 0 aliphatic heterocycles. The molecule has 4 nitrogen and oxygen atoms in total. The fourth-order valence-electron chi connectivity index (χ4n) is 2.67. The molecule has 0 radical (unpaired) electrons. The van der Waals surface area contributed by atoms with Gasteiger partial charge in [-0.05, 0) is 29.3 Å². The second-order valence-corrected chi connectivity index (χ2v) is 6.65. The lowest BCUT2D eigenvalue weighted by Gasteiger charge is -2.07. The van der Waals surface area contributed by atoms with Gasteiger partial charge >= 0.3 is 0 Å². The molecule has 4 rings (SSSR count). The van der Waals surface area contributed by atoms with Crippen molar-refractivity contribution in [3.63, 3.8) is 0 Å². The maximum atomic E-state index is 5.19. The number of anilines is 1. The van der Waals surface area contributed by atoms with Gasteiger partial charge in [-0.3, -0.25) is 0 Å². The first-order valence-electron chi connectivity index (χ1n) is 8.00. The van der Waals surface area contributed by atoms with E-state index in [2.05, 4.69) is 33.5 Å². The van der Waals surface area contributed by atoms with Gasteiger partial charge < -0.3 is 10.1 Å². The third-order valence-corrected chi connectivity index (χ3v) is 5.10. The van der Waals surface area contributed by atoms with Crippen molar-refractivity contribution in [2.75, 3.05) is 12.4 Å². The molecule has 2 heterocycles. The second-order valence-electron chi connectivity index (χ2n) is 5.62. The van der Waals surface area contributed by atoms with Crippen LogP contribution < -0.4 is 10.1 Å². The number of methoxy groups -OCH3 is 1. The highest BCUT2D eigenvalue weighted by Crippen LogP contribution is 2.34. The summed E-state index contributed by atoms with van der Waals surface area (Å²) in [5.74, 6) is 1.72. The number of nitrogens with one attached hydrogen (secondary N) is 1. The monoisotopic (exact) mass is 347 g/mol. The zero-order valence-corrected chi connectivity index (χ0v) is 14.6. The van der Waals surface area contributed by atoms with Crippen LogP contribution in [0.1, 0.15) is 5.56 Å². The highest BCUT2D eigenvalue weighted by atomic mass is 32.1. The molecule has 25 heavy (non-hydrogen) atoms. The molecule has 0 fully saturated rings. The molecule has 0 unspecified atom stereocenters. The molecule has 0 saturated heterocycles. The third kappa shape index (κ3) is 3.32. The van der Waals surface area contributed by atoms with Crippen LogP contribution in [0.15, 0.2) is 67.0 Å². The minimum absolute atomic E-state index is 0.701. The first kappa shape index (κ1) is 15.6. The molecular weight excluding hydrogens is 330 g/mol. The van der Waals surface area contributed by atoms with Crippen molar-refractivity contribution >= 4 is 27.4 Å². The van der Waals surface area contributed by atoms with E-state index < -0.39 is 0 Å². The molecule has 2 aromatic heterocycles. The lowest BCUT2D eigenvalue weighted by molar-refractivity contribution is 0.414. The van der Waals surface area contributed by atoms with Crippen molar-refractivity contribution in [2.24, 2.45) is 0 Å². The highest BCUT2D eigenvalue weighted by molar-refractivity contribution is 7.21.